The number of carboxylic acid groups (broad SMARTS) is 1. The van der Waals surface area contributed by atoms with Gasteiger partial charge in [0.2, 0.25) is 0 Å². The first-order valence-electron chi connectivity index (χ1n) is 12.3. The Hall–Kier alpha value is -2.46. The zero-order valence-electron chi connectivity index (χ0n) is 20.9. The zero-order chi connectivity index (χ0) is 25.2. The van der Waals surface area contributed by atoms with Gasteiger partial charge in [-0.1, -0.05) is 38.5 Å². The lowest BCUT2D eigenvalue weighted by molar-refractivity contribution is 0.0391. The third kappa shape index (κ3) is 7.51. The second-order valence-electron chi connectivity index (χ2n) is 8.53. The molecule has 1 unspecified atom stereocenters. The zero-order valence-corrected chi connectivity index (χ0v) is 21.8. The van der Waals surface area contributed by atoms with E-state index in [2.05, 4.69) is 16.7 Å². The summed E-state index contributed by atoms with van der Waals surface area (Å²) in [5, 5.41) is 9.89. The number of carboxylic acids is 1. The van der Waals surface area contributed by atoms with Crippen LogP contribution in [0.4, 0.5) is 5.69 Å². The number of hydrogen-bond acceptors (Lipinski definition) is 6. The van der Waals surface area contributed by atoms with Gasteiger partial charge in [0, 0.05) is 46.3 Å². The lowest BCUT2D eigenvalue weighted by atomic mass is 10.1. The third-order valence-electron chi connectivity index (χ3n) is 6.07. The number of ether oxygens (including phenoxy) is 2. The van der Waals surface area contributed by atoms with Crippen LogP contribution in [-0.4, -0.2) is 84.0 Å². The second-order valence-corrected chi connectivity index (χ2v) is 10.1. The molecule has 1 fully saturated rings. The summed E-state index contributed by atoms with van der Waals surface area (Å²) in [6, 6.07) is 12.5. The summed E-state index contributed by atoms with van der Waals surface area (Å²) in [6.07, 6.45) is 1.94. The number of unbranched alkanes of at least 4 members (excludes halogenated alkanes) is 1. The van der Waals surface area contributed by atoms with Crippen molar-refractivity contribution in [2.45, 2.75) is 31.6 Å². The van der Waals surface area contributed by atoms with Gasteiger partial charge in [-0.3, -0.25) is 4.90 Å². The third-order valence-corrected chi connectivity index (χ3v) is 7.58. The lowest BCUT2D eigenvalue weighted by Gasteiger charge is -2.32. The SMILES string of the molecule is CCCCN(CCN1CCOCC1)c1cc(C(=O)O)cc(S(=O)N(C)CC)c1Oc1ccccc1. The molecule has 0 aromatic heterocycles. The largest absolute Gasteiger partial charge is 0.478 e. The highest BCUT2D eigenvalue weighted by atomic mass is 32.2. The monoisotopic (exact) mass is 503 g/mol. The van der Waals surface area contributed by atoms with Crippen LogP contribution < -0.4 is 9.64 Å². The predicted octanol–water partition coefficient (Wildman–Crippen LogP) is 4.09. The average Bonchev–Trinajstić information content (AvgIpc) is 2.89. The van der Waals surface area contributed by atoms with E-state index in [4.69, 9.17) is 9.47 Å². The Labute approximate surface area is 211 Å². The van der Waals surface area contributed by atoms with Crippen LogP contribution in [0.3, 0.4) is 0 Å². The average molecular weight is 504 g/mol. The number of carbonyl (C=O) groups is 1. The first-order valence-corrected chi connectivity index (χ1v) is 13.4. The van der Waals surface area contributed by atoms with Crippen molar-refractivity contribution in [1.82, 2.24) is 9.21 Å². The highest BCUT2D eigenvalue weighted by Crippen LogP contribution is 2.40. The van der Waals surface area contributed by atoms with E-state index in [0.717, 1.165) is 52.2 Å². The van der Waals surface area contributed by atoms with Crippen LogP contribution in [0.2, 0.25) is 0 Å². The summed E-state index contributed by atoms with van der Waals surface area (Å²) in [5.41, 5.74) is 0.754. The molecular weight excluding hydrogens is 466 g/mol. The van der Waals surface area contributed by atoms with E-state index >= 15 is 0 Å². The van der Waals surface area contributed by atoms with E-state index in [0.29, 0.717) is 35.2 Å². The molecule has 35 heavy (non-hydrogen) atoms. The Bertz CT molecular complexity index is 982. The van der Waals surface area contributed by atoms with Gasteiger partial charge >= 0.3 is 5.97 Å². The van der Waals surface area contributed by atoms with Gasteiger partial charge in [0.1, 0.15) is 21.6 Å². The molecule has 1 N–H and O–H groups in total. The molecule has 1 saturated heterocycles. The molecule has 0 saturated carbocycles. The summed E-state index contributed by atoms with van der Waals surface area (Å²) in [6.45, 7) is 10.0. The van der Waals surface area contributed by atoms with Crippen molar-refractivity contribution < 1.29 is 23.6 Å². The maximum atomic E-state index is 13.5. The Kier molecular flexibility index (Phi) is 10.5. The second kappa shape index (κ2) is 13.6. The van der Waals surface area contributed by atoms with Crippen molar-refractivity contribution in [2.75, 3.05) is 64.4 Å². The molecule has 1 atom stereocenters. The van der Waals surface area contributed by atoms with Crippen LogP contribution in [0.25, 0.3) is 0 Å². The molecule has 0 spiro atoms. The van der Waals surface area contributed by atoms with Gasteiger partial charge in [0.05, 0.1) is 24.5 Å². The number of para-hydroxylation sites is 1. The van der Waals surface area contributed by atoms with Crippen molar-refractivity contribution in [3.63, 3.8) is 0 Å². The molecule has 0 amide bonds. The van der Waals surface area contributed by atoms with Gasteiger partial charge < -0.3 is 19.5 Å². The molecule has 1 aliphatic rings. The molecule has 1 aliphatic heterocycles. The van der Waals surface area contributed by atoms with Crippen LogP contribution in [0.15, 0.2) is 47.4 Å². The minimum atomic E-state index is -1.59. The van der Waals surface area contributed by atoms with Crippen molar-refractivity contribution in [2.24, 2.45) is 0 Å². The lowest BCUT2D eigenvalue weighted by Crippen LogP contribution is -2.42. The van der Waals surface area contributed by atoms with E-state index in [1.807, 2.05) is 37.3 Å². The highest BCUT2D eigenvalue weighted by molar-refractivity contribution is 7.82. The number of anilines is 1. The summed E-state index contributed by atoms with van der Waals surface area (Å²) >= 11 is 0. The molecule has 2 aromatic rings. The Morgan fingerprint density at radius 2 is 1.86 bits per heavy atom. The molecule has 0 aliphatic carbocycles. The van der Waals surface area contributed by atoms with E-state index < -0.39 is 17.0 Å². The predicted molar refractivity (Wildman–Crippen MR) is 139 cm³/mol. The van der Waals surface area contributed by atoms with Gasteiger partial charge in [0.25, 0.3) is 0 Å². The summed E-state index contributed by atoms with van der Waals surface area (Å²) in [4.78, 5) is 17.0. The topological polar surface area (TPSA) is 82.6 Å². The number of hydrogen-bond donors (Lipinski definition) is 1. The van der Waals surface area contributed by atoms with Gasteiger partial charge in [-0.15, -0.1) is 0 Å². The normalized spacial score (nSPS) is 15.2. The molecule has 192 valence electrons. The number of morpholine rings is 1. The molecule has 8 nitrogen and oxygen atoms in total. The Morgan fingerprint density at radius 1 is 1.14 bits per heavy atom. The summed E-state index contributed by atoms with van der Waals surface area (Å²) < 4.78 is 27.0. The van der Waals surface area contributed by atoms with Gasteiger partial charge in [0.15, 0.2) is 5.75 Å². The molecule has 0 radical (unpaired) electrons. The minimum Gasteiger partial charge on any atom is -0.478 e. The quantitative estimate of drug-likeness (QED) is 0.441. The van der Waals surface area contributed by atoms with Crippen LogP contribution in [-0.2, 0) is 15.7 Å². The van der Waals surface area contributed by atoms with Crippen LogP contribution in [0.5, 0.6) is 11.5 Å². The minimum absolute atomic E-state index is 0.0983. The van der Waals surface area contributed by atoms with Gasteiger partial charge in [-0.05, 0) is 30.7 Å². The molecule has 2 aromatic carbocycles. The van der Waals surface area contributed by atoms with E-state index in [-0.39, 0.29) is 5.56 Å². The van der Waals surface area contributed by atoms with Crippen molar-refractivity contribution >= 4 is 22.6 Å². The number of aromatic carboxylic acids is 1. The van der Waals surface area contributed by atoms with Crippen LogP contribution in [0, 0.1) is 0 Å². The van der Waals surface area contributed by atoms with Crippen LogP contribution >= 0.6 is 0 Å². The van der Waals surface area contributed by atoms with Crippen molar-refractivity contribution in [1.29, 1.82) is 0 Å². The van der Waals surface area contributed by atoms with Gasteiger partial charge in [-0.2, -0.15) is 0 Å². The number of nitrogens with zero attached hydrogens (tertiary/aromatic N) is 3. The molecule has 1 heterocycles. The summed E-state index contributed by atoms with van der Waals surface area (Å²) in [7, 11) is 0.163. The smallest absolute Gasteiger partial charge is 0.335 e. The Morgan fingerprint density at radius 3 is 2.49 bits per heavy atom. The van der Waals surface area contributed by atoms with Crippen LogP contribution in [0.1, 0.15) is 37.0 Å². The molecule has 3 rings (SSSR count). The fraction of sp³-hybridized carbons (Fsp3) is 0.500. The van der Waals surface area contributed by atoms with Gasteiger partial charge in [-0.25, -0.2) is 13.3 Å². The standard InChI is InChI=1S/C26H37N3O5S/c1-4-6-12-29(14-13-28-15-17-33-18-16-28)23-19-21(26(30)31)20-24(35(32)27(3)5-2)25(23)34-22-10-8-7-9-11-22/h7-11,19-20H,4-6,12-18H2,1-3H3,(H,30,31). The van der Waals surface area contributed by atoms with E-state index in [1.54, 1.807) is 17.4 Å². The maximum absolute atomic E-state index is 13.5. The molecular formula is C26H37N3O5S. The van der Waals surface area contributed by atoms with Crippen molar-refractivity contribution in [3.8, 4) is 11.5 Å². The maximum Gasteiger partial charge on any atom is 0.335 e. The first kappa shape index (κ1) is 27.1. The van der Waals surface area contributed by atoms with E-state index in [1.165, 1.54) is 6.07 Å². The van der Waals surface area contributed by atoms with E-state index in [9.17, 15) is 14.1 Å². The molecule has 9 heteroatoms. The Balaban J connectivity index is 2.09. The number of rotatable bonds is 13. The number of benzene rings is 2. The first-order chi connectivity index (χ1) is 16.9. The highest BCUT2D eigenvalue weighted by Gasteiger charge is 2.26. The summed E-state index contributed by atoms with van der Waals surface area (Å²) in [5.74, 6) is -0.00528. The fourth-order valence-electron chi connectivity index (χ4n) is 3.86. The van der Waals surface area contributed by atoms with Crippen molar-refractivity contribution in [3.05, 3.63) is 48.0 Å². The molecule has 0 bridgehead atoms. The fourth-order valence-corrected chi connectivity index (χ4v) is 4.96.